The summed E-state index contributed by atoms with van der Waals surface area (Å²) in [5.74, 6) is 0.328. The van der Waals surface area contributed by atoms with Crippen molar-refractivity contribution in [1.29, 1.82) is 0 Å². The first-order valence-electron chi connectivity index (χ1n) is 8.49. The van der Waals surface area contributed by atoms with E-state index in [-0.39, 0.29) is 17.7 Å². The Morgan fingerprint density at radius 3 is 2.84 bits per heavy atom. The lowest BCUT2D eigenvalue weighted by Gasteiger charge is -2.36. The molecule has 2 saturated heterocycles. The van der Waals surface area contributed by atoms with E-state index in [1.807, 2.05) is 6.92 Å². The number of sulfonamides is 1. The molecule has 1 aromatic heterocycles. The summed E-state index contributed by atoms with van der Waals surface area (Å²) in [6.07, 6.45) is 3.67. The summed E-state index contributed by atoms with van der Waals surface area (Å²) in [4.78, 5) is 18.5. The van der Waals surface area contributed by atoms with Gasteiger partial charge in [0.1, 0.15) is 5.02 Å². The van der Waals surface area contributed by atoms with Gasteiger partial charge >= 0.3 is 0 Å². The molecule has 1 amide bonds. The lowest BCUT2D eigenvalue weighted by Crippen LogP contribution is -2.50. The van der Waals surface area contributed by atoms with Gasteiger partial charge in [-0.1, -0.05) is 11.6 Å². The minimum Gasteiger partial charge on any atom is -0.477 e. The van der Waals surface area contributed by atoms with E-state index in [9.17, 15) is 13.2 Å². The molecule has 138 valence electrons. The molecule has 2 aliphatic rings. The zero-order chi connectivity index (χ0) is 18.0. The van der Waals surface area contributed by atoms with Crippen LogP contribution in [0.25, 0.3) is 0 Å². The van der Waals surface area contributed by atoms with Crippen LogP contribution in [0.2, 0.25) is 5.02 Å². The average Bonchev–Trinajstić information content (AvgIpc) is 2.95. The van der Waals surface area contributed by atoms with Crippen LogP contribution in [0.1, 0.15) is 36.5 Å². The molecule has 2 aliphatic heterocycles. The van der Waals surface area contributed by atoms with Crippen molar-refractivity contribution in [2.24, 2.45) is 0 Å². The highest BCUT2D eigenvalue weighted by Gasteiger charge is 2.37. The third-order valence-electron chi connectivity index (χ3n) is 4.56. The molecule has 9 heteroatoms. The predicted molar refractivity (Wildman–Crippen MR) is 94.5 cm³/mol. The highest BCUT2D eigenvalue weighted by molar-refractivity contribution is 7.89. The monoisotopic (exact) mass is 387 g/mol. The van der Waals surface area contributed by atoms with E-state index in [1.165, 1.54) is 6.20 Å². The lowest BCUT2D eigenvalue weighted by molar-refractivity contribution is 0.0658. The zero-order valence-electron chi connectivity index (χ0n) is 14.1. The van der Waals surface area contributed by atoms with Gasteiger partial charge in [-0.3, -0.25) is 4.79 Å². The number of ether oxygens (including phenoxy) is 1. The molecule has 3 rings (SSSR count). The maximum atomic E-state index is 12.8. The highest BCUT2D eigenvalue weighted by atomic mass is 35.5. The van der Waals surface area contributed by atoms with Gasteiger partial charge in [0.15, 0.2) is 0 Å². The topological polar surface area (TPSA) is 79.8 Å². The van der Waals surface area contributed by atoms with E-state index in [4.69, 9.17) is 16.3 Å². The normalized spacial score (nSPS) is 23.6. The number of hydrogen-bond acceptors (Lipinski definition) is 5. The van der Waals surface area contributed by atoms with Gasteiger partial charge in [-0.15, -0.1) is 0 Å². The molecular weight excluding hydrogens is 366 g/mol. The van der Waals surface area contributed by atoms with Crippen LogP contribution in [0.4, 0.5) is 0 Å². The van der Waals surface area contributed by atoms with Crippen molar-refractivity contribution in [2.75, 3.05) is 32.0 Å². The summed E-state index contributed by atoms with van der Waals surface area (Å²) in [5.41, 5.74) is 0.387. The van der Waals surface area contributed by atoms with Gasteiger partial charge in [-0.25, -0.2) is 13.4 Å². The van der Waals surface area contributed by atoms with Gasteiger partial charge in [0, 0.05) is 31.9 Å². The number of amides is 1. The fourth-order valence-electron chi connectivity index (χ4n) is 3.41. The maximum absolute atomic E-state index is 12.8. The van der Waals surface area contributed by atoms with E-state index in [2.05, 4.69) is 4.98 Å². The summed E-state index contributed by atoms with van der Waals surface area (Å²) < 4.78 is 31.1. The molecule has 0 spiro atoms. The van der Waals surface area contributed by atoms with E-state index in [0.29, 0.717) is 49.1 Å². The Morgan fingerprint density at radius 2 is 2.20 bits per heavy atom. The minimum atomic E-state index is -3.17. The van der Waals surface area contributed by atoms with Gasteiger partial charge in [-0.05, 0) is 32.3 Å². The first kappa shape index (κ1) is 18.4. The number of nitrogens with zero attached hydrogens (tertiary/aromatic N) is 3. The van der Waals surface area contributed by atoms with Crippen LogP contribution in [-0.2, 0) is 10.0 Å². The Morgan fingerprint density at radius 1 is 1.40 bits per heavy atom. The summed E-state index contributed by atoms with van der Waals surface area (Å²) in [5, 5.41) is 0.295. The Kier molecular flexibility index (Phi) is 5.50. The highest BCUT2D eigenvalue weighted by Crippen LogP contribution is 2.26. The van der Waals surface area contributed by atoms with Crippen molar-refractivity contribution in [3.05, 3.63) is 22.8 Å². The lowest BCUT2D eigenvalue weighted by atomic mass is 10.0. The number of carbonyl (C=O) groups is 1. The molecule has 1 unspecified atom stereocenters. The van der Waals surface area contributed by atoms with E-state index in [1.54, 1.807) is 15.3 Å². The van der Waals surface area contributed by atoms with Crippen molar-refractivity contribution in [1.82, 2.24) is 14.2 Å². The molecule has 0 saturated carbocycles. The molecule has 0 N–H and O–H groups in total. The van der Waals surface area contributed by atoms with Crippen LogP contribution in [0.3, 0.4) is 0 Å². The van der Waals surface area contributed by atoms with Gasteiger partial charge in [0.25, 0.3) is 5.91 Å². The Bertz CT molecular complexity index is 756. The average molecular weight is 388 g/mol. The smallest absolute Gasteiger partial charge is 0.255 e. The first-order valence-corrected chi connectivity index (χ1v) is 10.5. The van der Waals surface area contributed by atoms with Crippen molar-refractivity contribution in [3.63, 3.8) is 0 Å². The maximum Gasteiger partial charge on any atom is 0.255 e. The molecule has 1 atom stereocenters. The molecule has 2 fully saturated rings. The quantitative estimate of drug-likeness (QED) is 0.786. The van der Waals surface area contributed by atoms with E-state index in [0.717, 1.165) is 12.8 Å². The second kappa shape index (κ2) is 7.47. The van der Waals surface area contributed by atoms with Gasteiger partial charge in [0.05, 0.1) is 17.9 Å². The van der Waals surface area contributed by atoms with Crippen LogP contribution in [0.5, 0.6) is 5.88 Å². The van der Waals surface area contributed by atoms with Gasteiger partial charge < -0.3 is 9.64 Å². The first-order chi connectivity index (χ1) is 11.9. The number of likely N-dealkylation sites (tertiary alicyclic amines) is 1. The summed E-state index contributed by atoms with van der Waals surface area (Å²) in [7, 11) is -3.17. The SMILES string of the molecule is CCOc1ncc(C(=O)N2CCCC(N3CCCS3(=O)=O)C2)cc1Cl. The second-order valence-electron chi connectivity index (χ2n) is 6.27. The number of carbonyl (C=O) groups excluding carboxylic acids is 1. The van der Waals surface area contributed by atoms with Crippen LogP contribution in [0.15, 0.2) is 12.3 Å². The summed E-state index contributed by atoms with van der Waals surface area (Å²) >= 11 is 6.12. The summed E-state index contributed by atoms with van der Waals surface area (Å²) in [6.45, 7) is 3.83. The summed E-state index contributed by atoms with van der Waals surface area (Å²) in [6, 6.07) is 1.41. The van der Waals surface area contributed by atoms with E-state index >= 15 is 0 Å². The minimum absolute atomic E-state index is 0.142. The Labute approximate surface area is 153 Å². The van der Waals surface area contributed by atoms with Crippen LogP contribution < -0.4 is 4.74 Å². The van der Waals surface area contributed by atoms with Crippen LogP contribution in [-0.4, -0.2) is 66.5 Å². The Balaban J connectivity index is 1.73. The van der Waals surface area contributed by atoms with Gasteiger partial charge in [0.2, 0.25) is 15.9 Å². The van der Waals surface area contributed by atoms with Crippen LogP contribution >= 0.6 is 11.6 Å². The largest absolute Gasteiger partial charge is 0.477 e. The molecule has 1 aromatic rings. The number of pyridine rings is 1. The molecule has 0 aliphatic carbocycles. The molecule has 0 radical (unpaired) electrons. The van der Waals surface area contributed by atoms with Crippen molar-refractivity contribution < 1.29 is 17.9 Å². The van der Waals surface area contributed by atoms with Crippen molar-refractivity contribution >= 4 is 27.5 Å². The Hall–Kier alpha value is -1.38. The molecule has 25 heavy (non-hydrogen) atoms. The molecule has 0 aromatic carbocycles. The number of halogens is 1. The molecule has 7 nitrogen and oxygen atoms in total. The molecule has 0 bridgehead atoms. The second-order valence-corrected chi connectivity index (χ2v) is 8.72. The number of aromatic nitrogens is 1. The number of piperidine rings is 1. The molecule has 3 heterocycles. The van der Waals surface area contributed by atoms with E-state index < -0.39 is 10.0 Å². The number of hydrogen-bond donors (Lipinski definition) is 0. The fourth-order valence-corrected chi connectivity index (χ4v) is 5.39. The zero-order valence-corrected chi connectivity index (χ0v) is 15.7. The van der Waals surface area contributed by atoms with Crippen LogP contribution in [0, 0.1) is 0 Å². The standard InChI is InChI=1S/C16H22ClN3O4S/c1-2-24-15-14(17)9-12(10-18-15)16(21)19-6-3-5-13(11-19)20-7-4-8-25(20,22)23/h9-10,13H,2-8,11H2,1H3. The van der Waals surface area contributed by atoms with Crippen molar-refractivity contribution in [2.45, 2.75) is 32.2 Å². The predicted octanol–water partition coefficient (Wildman–Crippen LogP) is 1.77. The molecular formula is C16H22ClN3O4S. The fraction of sp³-hybridized carbons (Fsp3) is 0.625. The van der Waals surface area contributed by atoms with Gasteiger partial charge in [-0.2, -0.15) is 4.31 Å². The third kappa shape index (κ3) is 3.91. The van der Waals surface area contributed by atoms with Crippen molar-refractivity contribution in [3.8, 4) is 5.88 Å². The number of rotatable bonds is 4. The third-order valence-corrected chi connectivity index (χ3v) is 6.84.